The largest absolute Gasteiger partial charge is 0.271 e. The summed E-state index contributed by atoms with van der Waals surface area (Å²) >= 11 is 0. The molecule has 3 rings (SSSR count). The molecule has 0 aromatic carbocycles. The molecule has 7 heteroatoms. The van der Waals surface area contributed by atoms with E-state index in [9.17, 15) is 4.79 Å². The molecule has 1 aliphatic heterocycles. The van der Waals surface area contributed by atoms with Gasteiger partial charge in [0.15, 0.2) is 5.82 Å². The van der Waals surface area contributed by atoms with E-state index in [4.69, 9.17) is 5.84 Å². The number of hydrogen-bond acceptors (Lipinski definition) is 5. The summed E-state index contributed by atoms with van der Waals surface area (Å²) in [6.07, 6.45) is 3.81. The highest BCUT2D eigenvalue weighted by molar-refractivity contribution is 5.82. The van der Waals surface area contributed by atoms with Crippen molar-refractivity contribution in [3.63, 3.8) is 0 Å². The van der Waals surface area contributed by atoms with Crippen molar-refractivity contribution in [2.75, 3.05) is 0 Å². The van der Waals surface area contributed by atoms with Gasteiger partial charge < -0.3 is 0 Å². The number of carbonyl (C=O) groups excluding carboxylic acids is 1. The molecule has 0 radical (unpaired) electrons. The number of tetrazole rings is 1. The number of rotatable bonds is 1. The Kier molecular flexibility index (Phi) is 2.41. The van der Waals surface area contributed by atoms with Gasteiger partial charge >= 0.3 is 0 Å². The van der Waals surface area contributed by atoms with E-state index in [-0.39, 0.29) is 17.9 Å². The summed E-state index contributed by atoms with van der Waals surface area (Å²) in [5.74, 6) is 6.88. The number of aromatic nitrogens is 4. The summed E-state index contributed by atoms with van der Waals surface area (Å²) in [6, 6.07) is -0.383. The van der Waals surface area contributed by atoms with Gasteiger partial charge in [0.25, 0.3) is 5.91 Å². The third-order valence-electron chi connectivity index (χ3n) is 4.19. The second-order valence-corrected chi connectivity index (χ2v) is 5.58. The van der Waals surface area contributed by atoms with Crippen LogP contribution in [0.1, 0.15) is 51.4 Å². The van der Waals surface area contributed by atoms with Gasteiger partial charge in [-0.25, -0.2) is 10.5 Å². The lowest BCUT2D eigenvalue weighted by molar-refractivity contribution is -0.149. The summed E-state index contributed by atoms with van der Waals surface area (Å²) in [5, 5.41) is 13.3. The van der Waals surface area contributed by atoms with Crippen molar-refractivity contribution in [1.29, 1.82) is 0 Å². The minimum Gasteiger partial charge on any atom is -0.271 e. The van der Waals surface area contributed by atoms with E-state index in [1.807, 2.05) is 13.8 Å². The number of hydrazine groups is 1. The molecule has 2 N–H and O–H groups in total. The number of carbonyl (C=O) groups is 1. The van der Waals surface area contributed by atoms with Crippen molar-refractivity contribution in [2.45, 2.75) is 51.1 Å². The highest BCUT2D eigenvalue weighted by atomic mass is 16.2. The van der Waals surface area contributed by atoms with E-state index in [1.165, 1.54) is 5.01 Å². The van der Waals surface area contributed by atoms with Crippen LogP contribution in [-0.4, -0.2) is 31.1 Å². The van der Waals surface area contributed by atoms with Crippen molar-refractivity contribution >= 4 is 5.91 Å². The Bertz CT molecular complexity index is 476. The summed E-state index contributed by atoms with van der Waals surface area (Å²) in [7, 11) is 0. The Labute approximate surface area is 105 Å². The molecular weight excluding hydrogens is 232 g/mol. The smallest absolute Gasteiger partial charge is 0.262 e. The highest BCUT2D eigenvalue weighted by Gasteiger charge is 2.53. The third-order valence-corrected chi connectivity index (χ3v) is 4.19. The standard InChI is InChI=1S/C11H18N6O/c1-7(2)8-9(18)17(12)11(5-3-4-6-11)10-13-14-15-16(8)10/h7-8H,3-6,12H2,1-2H3. The molecule has 1 atom stereocenters. The van der Waals surface area contributed by atoms with Gasteiger partial charge in [0.05, 0.1) is 0 Å². The maximum absolute atomic E-state index is 12.5. The van der Waals surface area contributed by atoms with Crippen LogP contribution in [0.15, 0.2) is 0 Å². The first-order valence-electron chi connectivity index (χ1n) is 6.45. The molecule has 1 aromatic heterocycles. The Morgan fingerprint density at radius 3 is 2.67 bits per heavy atom. The van der Waals surface area contributed by atoms with Gasteiger partial charge in [0.1, 0.15) is 11.6 Å². The van der Waals surface area contributed by atoms with Gasteiger partial charge in [-0.1, -0.05) is 26.7 Å². The van der Waals surface area contributed by atoms with Crippen molar-refractivity contribution in [1.82, 2.24) is 25.2 Å². The van der Waals surface area contributed by atoms with Crippen LogP contribution in [0.5, 0.6) is 0 Å². The fraction of sp³-hybridized carbons (Fsp3) is 0.818. The zero-order valence-electron chi connectivity index (χ0n) is 10.7. The minimum absolute atomic E-state index is 0.0771. The Balaban J connectivity index is 2.16. The molecule has 2 aliphatic rings. The molecule has 1 unspecified atom stereocenters. The molecule has 1 amide bonds. The van der Waals surface area contributed by atoms with Crippen LogP contribution >= 0.6 is 0 Å². The van der Waals surface area contributed by atoms with Gasteiger partial charge in [-0.3, -0.25) is 9.80 Å². The summed E-state index contributed by atoms with van der Waals surface area (Å²) in [5.41, 5.74) is -0.480. The topological polar surface area (TPSA) is 89.9 Å². The SMILES string of the molecule is CC(C)C1C(=O)N(N)C2(CCCC2)c2nnnn21. The minimum atomic E-state index is -0.480. The maximum Gasteiger partial charge on any atom is 0.262 e. The highest BCUT2D eigenvalue weighted by Crippen LogP contribution is 2.46. The zero-order chi connectivity index (χ0) is 12.9. The van der Waals surface area contributed by atoms with Crippen LogP contribution in [-0.2, 0) is 10.3 Å². The normalized spacial score (nSPS) is 26.1. The number of amides is 1. The van der Waals surface area contributed by atoms with Crippen molar-refractivity contribution < 1.29 is 4.79 Å². The molecule has 1 spiro atoms. The fourth-order valence-electron chi connectivity index (χ4n) is 3.25. The van der Waals surface area contributed by atoms with Crippen LogP contribution in [0, 0.1) is 5.92 Å². The fourth-order valence-corrected chi connectivity index (χ4v) is 3.25. The first kappa shape index (κ1) is 11.6. The molecular formula is C11H18N6O. The Morgan fingerprint density at radius 2 is 2.06 bits per heavy atom. The van der Waals surface area contributed by atoms with Crippen LogP contribution < -0.4 is 5.84 Å². The van der Waals surface area contributed by atoms with E-state index >= 15 is 0 Å². The monoisotopic (exact) mass is 250 g/mol. The summed E-state index contributed by atoms with van der Waals surface area (Å²) < 4.78 is 1.68. The van der Waals surface area contributed by atoms with Crippen molar-refractivity contribution in [2.24, 2.45) is 11.8 Å². The lowest BCUT2D eigenvalue weighted by Crippen LogP contribution is -2.60. The van der Waals surface area contributed by atoms with Crippen molar-refractivity contribution in [3.05, 3.63) is 5.82 Å². The average molecular weight is 250 g/mol. The Hall–Kier alpha value is -1.50. The van der Waals surface area contributed by atoms with E-state index in [1.54, 1.807) is 4.68 Å². The van der Waals surface area contributed by atoms with Gasteiger partial charge in [-0.15, -0.1) is 5.10 Å². The maximum atomic E-state index is 12.5. The quantitative estimate of drug-likeness (QED) is 0.574. The molecule has 98 valence electrons. The molecule has 18 heavy (non-hydrogen) atoms. The summed E-state index contributed by atoms with van der Waals surface area (Å²) in [4.78, 5) is 12.5. The third kappa shape index (κ3) is 1.28. The number of hydrogen-bond donors (Lipinski definition) is 1. The first-order chi connectivity index (χ1) is 8.58. The molecule has 2 heterocycles. The lowest BCUT2D eigenvalue weighted by atomic mass is 9.89. The second kappa shape index (κ2) is 3.74. The van der Waals surface area contributed by atoms with Gasteiger partial charge in [-0.05, 0) is 29.2 Å². The first-order valence-corrected chi connectivity index (χ1v) is 6.45. The van der Waals surface area contributed by atoms with Gasteiger partial charge in [0.2, 0.25) is 0 Å². The average Bonchev–Trinajstić information content (AvgIpc) is 2.94. The van der Waals surface area contributed by atoms with Crippen LogP contribution in [0.25, 0.3) is 0 Å². The van der Waals surface area contributed by atoms with Gasteiger partial charge in [0, 0.05) is 0 Å². The van der Waals surface area contributed by atoms with E-state index in [0.29, 0.717) is 0 Å². The van der Waals surface area contributed by atoms with Crippen LogP contribution in [0.2, 0.25) is 0 Å². The molecule has 0 bridgehead atoms. The number of nitrogens with zero attached hydrogens (tertiary/aromatic N) is 5. The lowest BCUT2D eigenvalue weighted by Gasteiger charge is -2.43. The molecule has 1 aromatic rings. The van der Waals surface area contributed by atoms with E-state index < -0.39 is 5.54 Å². The molecule has 0 saturated heterocycles. The molecule has 7 nitrogen and oxygen atoms in total. The Morgan fingerprint density at radius 1 is 1.39 bits per heavy atom. The predicted molar refractivity (Wildman–Crippen MR) is 62.9 cm³/mol. The second-order valence-electron chi connectivity index (χ2n) is 5.58. The predicted octanol–water partition coefficient (Wildman–Crippen LogP) is 0.355. The molecule has 1 aliphatic carbocycles. The van der Waals surface area contributed by atoms with Crippen LogP contribution in [0.4, 0.5) is 0 Å². The van der Waals surface area contributed by atoms with E-state index in [0.717, 1.165) is 31.5 Å². The zero-order valence-corrected chi connectivity index (χ0v) is 10.7. The summed E-state index contributed by atoms with van der Waals surface area (Å²) in [6.45, 7) is 3.96. The van der Waals surface area contributed by atoms with Gasteiger partial charge in [-0.2, -0.15) is 0 Å². The number of fused-ring (bicyclic) bond motifs is 2. The molecule has 1 fully saturated rings. The number of nitrogens with two attached hydrogens (primary N) is 1. The van der Waals surface area contributed by atoms with Crippen LogP contribution in [0.3, 0.4) is 0 Å². The molecule has 1 saturated carbocycles. The van der Waals surface area contributed by atoms with Crippen molar-refractivity contribution in [3.8, 4) is 0 Å². The van der Waals surface area contributed by atoms with E-state index in [2.05, 4.69) is 15.5 Å².